The van der Waals surface area contributed by atoms with Gasteiger partial charge in [-0.2, -0.15) is 0 Å². The van der Waals surface area contributed by atoms with Crippen LogP contribution in [0.1, 0.15) is 17.3 Å². The molecule has 0 spiro atoms. The van der Waals surface area contributed by atoms with Crippen LogP contribution in [0.4, 0.5) is 5.69 Å². The Kier molecular flexibility index (Phi) is 4.81. The molecule has 0 amide bonds. The smallest absolute Gasteiger partial charge is 0.337 e. The number of carboxylic acid groups (broad SMARTS) is 1. The summed E-state index contributed by atoms with van der Waals surface area (Å²) in [7, 11) is -4.00. The number of carbonyl (C=O) groups is 1. The maximum atomic E-state index is 12.9. The van der Waals surface area contributed by atoms with Gasteiger partial charge in [0.2, 0.25) is 0 Å². The highest BCUT2D eigenvalue weighted by Crippen LogP contribution is 2.32. The standard InChI is InChI=1S/C19H17NO5S/c1-2-25-17-11-12-18(14-8-4-3-7-13(14)17)26(23,24)20-16-10-6-5-9-15(16)19(21)22/h3-12,20H,2H2,1H3,(H,21,22). The first-order chi connectivity index (χ1) is 12.4. The number of hydrogen-bond donors (Lipinski definition) is 2. The van der Waals surface area contributed by atoms with Crippen LogP contribution in [0.25, 0.3) is 10.8 Å². The Morgan fingerprint density at radius 3 is 2.35 bits per heavy atom. The van der Waals surface area contributed by atoms with Crippen LogP contribution >= 0.6 is 0 Å². The molecule has 0 fully saturated rings. The summed E-state index contributed by atoms with van der Waals surface area (Å²) >= 11 is 0. The summed E-state index contributed by atoms with van der Waals surface area (Å²) in [6.07, 6.45) is 0. The van der Waals surface area contributed by atoms with E-state index in [1.807, 2.05) is 6.92 Å². The second kappa shape index (κ2) is 7.05. The van der Waals surface area contributed by atoms with Crippen molar-refractivity contribution in [3.63, 3.8) is 0 Å². The number of carboxylic acids is 1. The Bertz CT molecular complexity index is 1080. The Hall–Kier alpha value is -3.06. The number of sulfonamides is 1. The van der Waals surface area contributed by atoms with Crippen LogP contribution in [0.3, 0.4) is 0 Å². The van der Waals surface area contributed by atoms with Gasteiger partial charge >= 0.3 is 5.97 Å². The predicted molar refractivity (Wildman–Crippen MR) is 99.3 cm³/mol. The number of benzene rings is 3. The molecular formula is C19H17NO5S. The van der Waals surface area contributed by atoms with Crippen molar-refractivity contribution < 1.29 is 23.1 Å². The Balaban J connectivity index is 2.12. The monoisotopic (exact) mass is 371 g/mol. The molecule has 0 radical (unpaired) electrons. The van der Waals surface area contributed by atoms with Crippen molar-refractivity contribution in [2.24, 2.45) is 0 Å². The van der Waals surface area contributed by atoms with E-state index in [1.165, 1.54) is 24.3 Å². The zero-order valence-electron chi connectivity index (χ0n) is 14.0. The molecule has 0 aliphatic carbocycles. The largest absolute Gasteiger partial charge is 0.493 e. The Morgan fingerprint density at radius 1 is 1.00 bits per heavy atom. The molecule has 0 heterocycles. The quantitative estimate of drug-likeness (QED) is 0.689. The number of nitrogens with one attached hydrogen (secondary N) is 1. The van der Waals surface area contributed by atoms with Gasteiger partial charge < -0.3 is 9.84 Å². The van der Waals surface area contributed by atoms with Crippen LogP contribution in [0.15, 0.2) is 65.6 Å². The molecule has 3 aromatic carbocycles. The summed E-state index contributed by atoms with van der Waals surface area (Å²) in [5, 5.41) is 10.4. The minimum Gasteiger partial charge on any atom is -0.493 e. The van der Waals surface area contributed by atoms with Gasteiger partial charge in [-0.25, -0.2) is 13.2 Å². The topological polar surface area (TPSA) is 92.7 Å². The number of rotatable bonds is 6. The predicted octanol–water partition coefficient (Wildman–Crippen LogP) is 3.74. The molecule has 26 heavy (non-hydrogen) atoms. The van der Waals surface area contributed by atoms with Crippen molar-refractivity contribution >= 4 is 32.5 Å². The van der Waals surface area contributed by atoms with Gasteiger partial charge in [0.05, 0.1) is 22.8 Å². The summed E-state index contributed by atoms with van der Waals surface area (Å²) < 4.78 is 33.8. The number of ether oxygens (including phenoxy) is 1. The van der Waals surface area contributed by atoms with Crippen LogP contribution in [-0.4, -0.2) is 26.1 Å². The van der Waals surface area contributed by atoms with E-state index in [1.54, 1.807) is 36.4 Å². The maximum absolute atomic E-state index is 12.9. The van der Waals surface area contributed by atoms with Gasteiger partial charge in [-0.15, -0.1) is 0 Å². The van der Waals surface area contributed by atoms with Gasteiger partial charge in [-0.1, -0.05) is 36.4 Å². The molecule has 0 saturated heterocycles. The van der Waals surface area contributed by atoms with Gasteiger partial charge in [0, 0.05) is 10.8 Å². The average molecular weight is 371 g/mol. The first-order valence-corrected chi connectivity index (χ1v) is 9.42. The lowest BCUT2D eigenvalue weighted by atomic mass is 10.1. The fourth-order valence-corrected chi connectivity index (χ4v) is 4.01. The maximum Gasteiger partial charge on any atom is 0.337 e. The zero-order valence-corrected chi connectivity index (χ0v) is 14.8. The molecule has 0 saturated carbocycles. The van der Waals surface area contributed by atoms with E-state index in [2.05, 4.69) is 4.72 Å². The molecule has 3 rings (SSSR count). The summed E-state index contributed by atoms with van der Waals surface area (Å²) in [6, 6.07) is 15.9. The van der Waals surface area contributed by atoms with E-state index in [4.69, 9.17) is 4.74 Å². The Labute approximate surface area is 151 Å². The fourth-order valence-electron chi connectivity index (χ4n) is 2.72. The average Bonchev–Trinajstić information content (AvgIpc) is 2.62. The fraction of sp³-hybridized carbons (Fsp3) is 0.105. The molecule has 0 aliphatic rings. The molecule has 0 bridgehead atoms. The minimum absolute atomic E-state index is 0.0120. The van der Waals surface area contributed by atoms with E-state index in [-0.39, 0.29) is 16.1 Å². The first kappa shape index (κ1) is 17.8. The first-order valence-electron chi connectivity index (χ1n) is 7.93. The van der Waals surface area contributed by atoms with Crippen molar-refractivity contribution in [1.82, 2.24) is 0 Å². The van der Waals surface area contributed by atoms with Crippen molar-refractivity contribution in [2.45, 2.75) is 11.8 Å². The number of aromatic carboxylic acids is 1. The van der Waals surface area contributed by atoms with Crippen LogP contribution in [0.2, 0.25) is 0 Å². The van der Waals surface area contributed by atoms with Gasteiger partial charge in [-0.3, -0.25) is 4.72 Å². The SMILES string of the molecule is CCOc1ccc(S(=O)(=O)Nc2ccccc2C(=O)O)c2ccccc12. The van der Waals surface area contributed by atoms with E-state index >= 15 is 0 Å². The van der Waals surface area contributed by atoms with Crippen molar-refractivity contribution in [1.29, 1.82) is 0 Å². The Morgan fingerprint density at radius 2 is 1.65 bits per heavy atom. The number of hydrogen-bond acceptors (Lipinski definition) is 4. The summed E-state index contributed by atoms with van der Waals surface area (Å²) in [6.45, 7) is 2.31. The lowest BCUT2D eigenvalue weighted by molar-refractivity contribution is 0.0698. The number of fused-ring (bicyclic) bond motifs is 1. The highest BCUT2D eigenvalue weighted by molar-refractivity contribution is 7.93. The summed E-state index contributed by atoms with van der Waals surface area (Å²) in [5.74, 6) is -0.618. The zero-order chi connectivity index (χ0) is 18.7. The van der Waals surface area contributed by atoms with E-state index in [0.717, 1.165) is 0 Å². The molecule has 3 aromatic rings. The van der Waals surface area contributed by atoms with Gasteiger partial charge in [0.15, 0.2) is 0 Å². The molecule has 2 N–H and O–H groups in total. The molecule has 0 atom stereocenters. The molecule has 6 nitrogen and oxygen atoms in total. The number of anilines is 1. The lowest BCUT2D eigenvalue weighted by Gasteiger charge is -2.14. The van der Waals surface area contributed by atoms with Crippen LogP contribution < -0.4 is 9.46 Å². The molecule has 7 heteroatoms. The third kappa shape index (κ3) is 3.34. The minimum atomic E-state index is -4.00. The molecular weight excluding hydrogens is 354 g/mol. The highest BCUT2D eigenvalue weighted by Gasteiger charge is 2.21. The molecule has 0 aliphatic heterocycles. The van der Waals surface area contributed by atoms with Crippen molar-refractivity contribution in [3.05, 3.63) is 66.2 Å². The number of para-hydroxylation sites is 1. The van der Waals surface area contributed by atoms with Crippen LogP contribution in [0.5, 0.6) is 5.75 Å². The van der Waals surface area contributed by atoms with Crippen molar-refractivity contribution in [3.8, 4) is 5.75 Å². The lowest BCUT2D eigenvalue weighted by Crippen LogP contribution is -2.16. The molecule has 0 aromatic heterocycles. The second-order valence-electron chi connectivity index (χ2n) is 5.50. The van der Waals surface area contributed by atoms with Crippen LogP contribution in [-0.2, 0) is 10.0 Å². The van der Waals surface area contributed by atoms with Crippen molar-refractivity contribution in [2.75, 3.05) is 11.3 Å². The van der Waals surface area contributed by atoms with Gasteiger partial charge in [-0.05, 0) is 31.2 Å². The molecule has 0 unspecified atom stereocenters. The van der Waals surface area contributed by atoms with Crippen LogP contribution in [0, 0.1) is 0 Å². The summed E-state index contributed by atoms with van der Waals surface area (Å²) in [5.41, 5.74) is -0.107. The normalized spacial score (nSPS) is 11.3. The third-order valence-electron chi connectivity index (χ3n) is 3.84. The third-order valence-corrected chi connectivity index (χ3v) is 5.26. The molecule has 134 valence electrons. The van der Waals surface area contributed by atoms with Gasteiger partial charge in [0.1, 0.15) is 5.75 Å². The van der Waals surface area contributed by atoms with E-state index in [0.29, 0.717) is 23.1 Å². The second-order valence-corrected chi connectivity index (χ2v) is 7.15. The van der Waals surface area contributed by atoms with E-state index < -0.39 is 16.0 Å². The summed E-state index contributed by atoms with van der Waals surface area (Å²) in [4.78, 5) is 11.4. The van der Waals surface area contributed by atoms with Gasteiger partial charge in [0.25, 0.3) is 10.0 Å². The van der Waals surface area contributed by atoms with E-state index in [9.17, 15) is 18.3 Å². The highest BCUT2D eigenvalue weighted by atomic mass is 32.2.